The number of Topliss-reactive ketones (excluding diaryl/α,β-unsaturated/α-hetero) is 1. The molecule has 1 saturated heterocycles. The van der Waals surface area contributed by atoms with Crippen molar-refractivity contribution >= 4 is 11.7 Å². The summed E-state index contributed by atoms with van der Waals surface area (Å²) in [6.45, 7) is 4.40. The van der Waals surface area contributed by atoms with Crippen LogP contribution in [0.25, 0.3) is 0 Å². The Labute approximate surface area is 171 Å². The van der Waals surface area contributed by atoms with Crippen LogP contribution in [-0.2, 0) is 6.42 Å². The molecule has 2 aromatic rings. The Hall–Kier alpha value is -2.60. The minimum atomic E-state index is -0.149. The number of rotatable bonds is 6. The number of nitrogens with one attached hydrogen (secondary N) is 2. The molecule has 29 heavy (non-hydrogen) atoms. The van der Waals surface area contributed by atoms with Gasteiger partial charge < -0.3 is 15.0 Å². The van der Waals surface area contributed by atoms with E-state index in [1.54, 1.807) is 7.11 Å². The molecule has 154 valence electrons. The molecular formula is C23H29N3O3. The highest BCUT2D eigenvalue weighted by molar-refractivity contribution is 6.04. The average molecular weight is 396 g/mol. The Balaban J connectivity index is 1.55. The fourth-order valence-corrected chi connectivity index (χ4v) is 4.71. The lowest BCUT2D eigenvalue weighted by molar-refractivity contribution is 0.0931. The number of methoxy groups -OCH3 is 1. The number of ketones is 1. The van der Waals surface area contributed by atoms with Crippen LogP contribution in [0, 0.1) is 6.92 Å². The number of fused-ring (bicyclic) bond motifs is 1. The van der Waals surface area contributed by atoms with E-state index >= 15 is 0 Å². The zero-order valence-corrected chi connectivity index (χ0v) is 17.2. The van der Waals surface area contributed by atoms with E-state index in [1.807, 2.05) is 25.1 Å². The second-order valence-electron chi connectivity index (χ2n) is 7.97. The lowest BCUT2D eigenvalue weighted by atomic mass is 9.94. The summed E-state index contributed by atoms with van der Waals surface area (Å²) in [6.07, 6.45) is 4.58. The third-order valence-corrected chi connectivity index (χ3v) is 6.20. The minimum absolute atomic E-state index is 0.0594. The summed E-state index contributed by atoms with van der Waals surface area (Å²) < 4.78 is 5.58. The molecule has 0 radical (unpaired) electrons. The van der Waals surface area contributed by atoms with Gasteiger partial charge in [0.2, 0.25) is 0 Å². The van der Waals surface area contributed by atoms with Crippen molar-refractivity contribution in [3.63, 3.8) is 0 Å². The summed E-state index contributed by atoms with van der Waals surface area (Å²) in [5.74, 6) is 0.836. The third kappa shape index (κ3) is 3.81. The number of hydrogen-bond donors (Lipinski definition) is 2. The normalized spacial score (nSPS) is 17.8. The van der Waals surface area contributed by atoms with Crippen LogP contribution in [0.4, 0.5) is 0 Å². The number of nitrogens with zero attached hydrogens (tertiary/aromatic N) is 1. The van der Waals surface area contributed by atoms with E-state index < -0.39 is 0 Å². The predicted octanol–water partition coefficient (Wildman–Crippen LogP) is 3.42. The van der Waals surface area contributed by atoms with Gasteiger partial charge in [-0.2, -0.15) is 0 Å². The number of aryl methyl sites for hydroxylation is 1. The molecule has 1 amide bonds. The highest BCUT2D eigenvalue weighted by Crippen LogP contribution is 2.31. The van der Waals surface area contributed by atoms with Crippen molar-refractivity contribution in [1.29, 1.82) is 0 Å². The molecular weight excluding hydrogens is 366 g/mol. The zero-order chi connectivity index (χ0) is 20.4. The minimum Gasteiger partial charge on any atom is -0.496 e. The maximum absolute atomic E-state index is 13.0. The van der Waals surface area contributed by atoms with E-state index in [0.29, 0.717) is 18.7 Å². The van der Waals surface area contributed by atoms with Gasteiger partial charge in [0, 0.05) is 29.8 Å². The highest BCUT2D eigenvalue weighted by atomic mass is 16.5. The van der Waals surface area contributed by atoms with Gasteiger partial charge in [0.1, 0.15) is 11.4 Å². The van der Waals surface area contributed by atoms with Crippen LogP contribution in [0.1, 0.15) is 69.4 Å². The molecule has 1 aromatic carbocycles. The van der Waals surface area contributed by atoms with Crippen LogP contribution >= 0.6 is 0 Å². The molecule has 1 unspecified atom stereocenters. The largest absolute Gasteiger partial charge is 0.496 e. The van der Waals surface area contributed by atoms with E-state index in [9.17, 15) is 9.59 Å². The van der Waals surface area contributed by atoms with Gasteiger partial charge in [-0.25, -0.2) is 0 Å². The number of aromatic nitrogens is 1. The fraction of sp³-hybridized carbons (Fsp3) is 0.478. The Morgan fingerprint density at radius 1 is 1.21 bits per heavy atom. The second kappa shape index (κ2) is 8.41. The number of para-hydroxylation sites is 1. The van der Waals surface area contributed by atoms with Gasteiger partial charge in [-0.15, -0.1) is 0 Å². The monoisotopic (exact) mass is 395 g/mol. The number of likely N-dealkylation sites (tertiary alicyclic amines) is 1. The van der Waals surface area contributed by atoms with E-state index in [-0.39, 0.29) is 17.7 Å². The van der Waals surface area contributed by atoms with E-state index in [4.69, 9.17) is 4.74 Å². The SMILES string of the molecule is COc1ccccc1C(CNC(=O)c1[nH]c2c(c1C)C(=O)CCC2)N1CCCC1. The Morgan fingerprint density at radius 3 is 2.69 bits per heavy atom. The van der Waals surface area contributed by atoms with Gasteiger partial charge in [-0.05, 0) is 57.3 Å². The van der Waals surface area contributed by atoms with Gasteiger partial charge in [0.25, 0.3) is 5.91 Å². The number of amides is 1. The Bertz CT molecular complexity index is 912. The van der Waals surface area contributed by atoms with Gasteiger partial charge in [-0.3, -0.25) is 14.5 Å². The third-order valence-electron chi connectivity index (χ3n) is 6.20. The first kappa shape index (κ1) is 19.7. The van der Waals surface area contributed by atoms with Crippen LogP contribution in [0.5, 0.6) is 5.75 Å². The maximum Gasteiger partial charge on any atom is 0.268 e. The van der Waals surface area contributed by atoms with Crippen LogP contribution in [0.3, 0.4) is 0 Å². The van der Waals surface area contributed by atoms with Crippen molar-refractivity contribution in [3.8, 4) is 5.75 Å². The van der Waals surface area contributed by atoms with E-state index in [1.165, 1.54) is 12.8 Å². The number of carbonyl (C=O) groups excluding carboxylic acids is 2. The number of carbonyl (C=O) groups is 2. The van der Waals surface area contributed by atoms with Crippen molar-refractivity contribution in [2.45, 2.75) is 45.1 Å². The molecule has 2 aliphatic rings. The topological polar surface area (TPSA) is 74.4 Å². The van der Waals surface area contributed by atoms with Crippen molar-refractivity contribution in [2.24, 2.45) is 0 Å². The van der Waals surface area contributed by atoms with Crippen LogP contribution in [-0.4, -0.2) is 48.3 Å². The van der Waals surface area contributed by atoms with Crippen LogP contribution < -0.4 is 10.1 Å². The van der Waals surface area contributed by atoms with Gasteiger partial charge in [0.15, 0.2) is 5.78 Å². The number of ether oxygens (including phenoxy) is 1. The molecule has 6 heteroatoms. The van der Waals surface area contributed by atoms with Crippen molar-refractivity contribution in [3.05, 3.63) is 52.3 Å². The molecule has 0 bridgehead atoms. The first-order valence-corrected chi connectivity index (χ1v) is 10.5. The summed E-state index contributed by atoms with van der Waals surface area (Å²) in [5.41, 5.74) is 4.02. The number of H-pyrrole nitrogens is 1. The number of aromatic amines is 1. The Morgan fingerprint density at radius 2 is 1.97 bits per heavy atom. The lowest BCUT2D eigenvalue weighted by Crippen LogP contribution is -2.37. The van der Waals surface area contributed by atoms with Crippen molar-refractivity contribution in [2.75, 3.05) is 26.7 Å². The average Bonchev–Trinajstić information content (AvgIpc) is 3.37. The first-order valence-electron chi connectivity index (χ1n) is 10.5. The summed E-state index contributed by atoms with van der Waals surface area (Å²) in [4.78, 5) is 30.9. The van der Waals surface area contributed by atoms with Crippen molar-refractivity contribution in [1.82, 2.24) is 15.2 Å². The highest BCUT2D eigenvalue weighted by Gasteiger charge is 2.29. The van der Waals surface area contributed by atoms with Crippen LogP contribution in [0.2, 0.25) is 0 Å². The first-order chi connectivity index (χ1) is 14.1. The molecule has 1 aromatic heterocycles. The second-order valence-corrected chi connectivity index (χ2v) is 7.97. The molecule has 1 aliphatic heterocycles. The molecule has 1 fully saturated rings. The summed E-state index contributed by atoms with van der Waals surface area (Å²) >= 11 is 0. The molecule has 1 aliphatic carbocycles. The molecule has 0 saturated carbocycles. The quantitative estimate of drug-likeness (QED) is 0.786. The summed E-state index contributed by atoms with van der Waals surface area (Å²) in [7, 11) is 1.68. The summed E-state index contributed by atoms with van der Waals surface area (Å²) in [5, 5.41) is 3.11. The lowest BCUT2D eigenvalue weighted by Gasteiger charge is -2.29. The van der Waals surface area contributed by atoms with Gasteiger partial charge >= 0.3 is 0 Å². The Kier molecular flexibility index (Phi) is 5.72. The predicted molar refractivity (Wildman–Crippen MR) is 112 cm³/mol. The molecule has 2 heterocycles. The van der Waals surface area contributed by atoms with Gasteiger partial charge in [-0.1, -0.05) is 18.2 Å². The molecule has 1 atom stereocenters. The smallest absolute Gasteiger partial charge is 0.268 e. The number of benzene rings is 1. The summed E-state index contributed by atoms with van der Waals surface area (Å²) in [6, 6.07) is 8.08. The molecule has 6 nitrogen and oxygen atoms in total. The van der Waals surface area contributed by atoms with Crippen molar-refractivity contribution < 1.29 is 14.3 Å². The molecule has 2 N–H and O–H groups in total. The fourth-order valence-electron chi connectivity index (χ4n) is 4.71. The number of hydrogen-bond acceptors (Lipinski definition) is 4. The molecule has 4 rings (SSSR count). The van der Waals surface area contributed by atoms with E-state index in [2.05, 4.69) is 21.3 Å². The van der Waals surface area contributed by atoms with E-state index in [0.717, 1.165) is 54.1 Å². The zero-order valence-electron chi connectivity index (χ0n) is 17.2. The standard InChI is InChI=1S/C23H29N3O3/c1-15-21-17(9-7-10-19(21)27)25-22(15)23(28)24-14-18(26-12-5-6-13-26)16-8-3-4-11-20(16)29-2/h3-4,8,11,18,25H,5-7,9-10,12-14H2,1-2H3,(H,24,28). The van der Waals surface area contributed by atoms with Gasteiger partial charge in [0.05, 0.1) is 13.2 Å². The maximum atomic E-state index is 13.0. The molecule has 0 spiro atoms. The van der Waals surface area contributed by atoms with Crippen LogP contribution in [0.15, 0.2) is 24.3 Å².